The van der Waals surface area contributed by atoms with Gasteiger partial charge in [0.15, 0.2) is 0 Å². The Hall–Kier alpha value is -3.98. The fourth-order valence-electron chi connectivity index (χ4n) is 4.61. The second-order valence-corrected chi connectivity index (χ2v) is 9.28. The van der Waals surface area contributed by atoms with Crippen LogP contribution in [0.1, 0.15) is 43.1 Å². The third kappa shape index (κ3) is 4.54. The lowest BCUT2D eigenvalue weighted by atomic mass is 10.0. The minimum atomic E-state index is -0.592. The highest BCUT2D eigenvalue weighted by molar-refractivity contribution is 6.00. The van der Waals surface area contributed by atoms with Crippen molar-refractivity contribution in [3.05, 3.63) is 60.4 Å². The van der Waals surface area contributed by atoms with Crippen LogP contribution >= 0.6 is 0 Å². The molecule has 1 saturated heterocycles. The summed E-state index contributed by atoms with van der Waals surface area (Å²) < 4.78 is 1.99. The molecular weight excluding hydrogens is 440 g/mol. The van der Waals surface area contributed by atoms with Crippen LogP contribution < -0.4 is 21.7 Å². The van der Waals surface area contributed by atoms with E-state index in [1.807, 2.05) is 41.2 Å². The Labute approximate surface area is 204 Å². The van der Waals surface area contributed by atoms with Crippen LogP contribution in [-0.2, 0) is 0 Å². The molecule has 1 fully saturated rings. The Morgan fingerprint density at radius 1 is 1.17 bits per heavy atom. The van der Waals surface area contributed by atoms with Crippen LogP contribution in [0.15, 0.2) is 54.9 Å². The molecule has 0 radical (unpaired) electrons. The minimum Gasteiger partial charge on any atom is -0.365 e. The van der Waals surface area contributed by atoms with Gasteiger partial charge in [0, 0.05) is 42.4 Å². The number of primary amides is 1. The average Bonchev–Trinajstić information content (AvgIpc) is 3.28. The molecule has 5 N–H and O–H groups in total. The normalized spacial score (nSPS) is 16.1. The number of nitrogens with one attached hydrogen (secondary N) is 1. The van der Waals surface area contributed by atoms with Gasteiger partial charge in [-0.05, 0) is 49.9 Å². The topological polar surface area (TPSA) is 128 Å². The quantitative estimate of drug-likeness (QED) is 0.390. The van der Waals surface area contributed by atoms with Crippen LogP contribution in [0.4, 0.5) is 17.5 Å². The fourth-order valence-corrected chi connectivity index (χ4v) is 4.61. The van der Waals surface area contributed by atoms with Gasteiger partial charge in [-0.15, -0.1) is 0 Å². The van der Waals surface area contributed by atoms with Crippen molar-refractivity contribution in [3.8, 4) is 11.1 Å². The van der Waals surface area contributed by atoms with Crippen LogP contribution in [-0.4, -0.2) is 44.8 Å². The van der Waals surface area contributed by atoms with E-state index < -0.39 is 5.91 Å². The first-order chi connectivity index (χ1) is 16.9. The van der Waals surface area contributed by atoms with E-state index in [1.165, 1.54) is 6.20 Å². The fraction of sp³-hybridized carbons (Fsp3) is 0.308. The van der Waals surface area contributed by atoms with Crippen molar-refractivity contribution in [2.75, 3.05) is 23.3 Å². The summed E-state index contributed by atoms with van der Waals surface area (Å²) in [4.78, 5) is 23.4. The van der Waals surface area contributed by atoms with Crippen LogP contribution in [0, 0.1) is 0 Å². The number of rotatable bonds is 6. The molecule has 9 heteroatoms. The zero-order chi connectivity index (χ0) is 24.5. The minimum absolute atomic E-state index is 0.0757. The predicted octanol–water partition coefficient (Wildman–Crippen LogP) is 3.84. The van der Waals surface area contributed by atoms with Gasteiger partial charge in [-0.1, -0.05) is 30.3 Å². The Bertz CT molecular complexity index is 1360. The van der Waals surface area contributed by atoms with Gasteiger partial charge in [0.05, 0.1) is 11.7 Å². The molecule has 0 bridgehead atoms. The van der Waals surface area contributed by atoms with Gasteiger partial charge in [0.25, 0.3) is 5.91 Å². The van der Waals surface area contributed by atoms with E-state index in [1.54, 1.807) is 0 Å². The van der Waals surface area contributed by atoms with Crippen molar-refractivity contribution >= 4 is 34.3 Å². The Morgan fingerprint density at radius 3 is 2.69 bits per heavy atom. The summed E-state index contributed by atoms with van der Waals surface area (Å²) in [5.74, 6) is 0.311. The van der Waals surface area contributed by atoms with Gasteiger partial charge in [-0.25, -0.2) is 4.98 Å². The van der Waals surface area contributed by atoms with Crippen LogP contribution in [0.25, 0.3) is 22.0 Å². The van der Waals surface area contributed by atoms with Crippen LogP contribution in [0.5, 0.6) is 0 Å². The summed E-state index contributed by atoms with van der Waals surface area (Å²) in [6.07, 6.45) is 5.34. The predicted molar refractivity (Wildman–Crippen MR) is 139 cm³/mol. The first kappa shape index (κ1) is 22.8. The highest BCUT2D eigenvalue weighted by Crippen LogP contribution is 2.34. The van der Waals surface area contributed by atoms with Crippen LogP contribution in [0.2, 0.25) is 0 Å². The molecule has 1 amide bonds. The molecule has 3 heterocycles. The molecule has 180 valence electrons. The standard InChI is InChI=1S/C26H30N8O/c1-16(2)34-23-12-19(11-20(21(23)14-30-34)17-7-4-3-5-8-17)31-25-22(24(28)35)13-29-26(32-25)33-10-6-9-18(27)15-33/h3-5,7-8,11-14,16,18H,6,9-10,15,27H2,1-2H3,(H2,28,35)(H,29,31,32). The number of nitrogens with zero attached hydrogens (tertiary/aromatic N) is 5. The number of hydrogen-bond donors (Lipinski definition) is 3. The van der Waals surface area contributed by atoms with Crippen molar-refractivity contribution < 1.29 is 4.79 Å². The Morgan fingerprint density at radius 2 is 1.97 bits per heavy atom. The van der Waals surface area contributed by atoms with Crippen molar-refractivity contribution in [1.29, 1.82) is 0 Å². The SMILES string of the molecule is CC(C)n1ncc2c(-c3ccccc3)cc(Nc3nc(N4CCCC(N)C4)ncc3C(N)=O)cc21. The largest absolute Gasteiger partial charge is 0.365 e. The highest BCUT2D eigenvalue weighted by Gasteiger charge is 2.22. The molecule has 1 atom stereocenters. The third-order valence-corrected chi connectivity index (χ3v) is 6.34. The van der Waals surface area contributed by atoms with Crippen molar-refractivity contribution in [3.63, 3.8) is 0 Å². The van der Waals surface area contributed by atoms with E-state index in [-0.39, 0.29) is 17.6 Å². The molecule has 4 aromatic rings. The zero-order valence-corrected chi connectivity index (χ0v) is 20.0. The second kappa shape index (κ2) is 9.34. The molecule has 2 aromatic heterocycles. The maximum absolute atomic E-state index is 12.2. The summed E-state index contributed by atoms with van der Waals surface area (Å²) in [7, 11) is 0. The number of benzene rings is 2. The lowest BCUT2D eigenvalue weighted by Gasteiger charge is -2.31. The van der Waals surface area contributed by atoms with Crippen LogP contribution in [0.3, 0.4) is 0 Å². The average molecular weight is 471 g/mol. The second-order valence-electron chi connectivity index (χ2n) is 9.28. The third-order valence-electron chi connectivity index (χ3n) is 6.34. The van der Waals surface area contributed by atoms with E-state index in [4.69, 9.17) is 16.5 Å². The molecule has 0 saturated carbocycles. The van der Waals surface area contributed by atoms with Gasteiger partial charge >= 0.3 is 0 Å². The van der Waals surface area contributed by atoms with Gasteiger partial charge in [0.1, 0.15) is 11.4 Å². The summed E-state index contributed by atoms with van der Waals surface area (Å²) in [6.45, 7) is 5.69. The number of anilines is 3. The lowest BCUT2D eigenvalue weighted by molar-refractivity contribution is 0.100. The molecule has 0 spiro atoms. The van der Waals surface area contributed by atoms with Crippen molar-refractivity contribution in [2.45, 2.75) is 38.8 Å². The first-order valence-electron chi connectivity index (χ1n) is 11.9. The molecule has 5 rings (SSSR count). The summed E-state index contributed by atoms with van der Waals surface area (Å²) in [6, 6.07) is 14.5. The van der Waals surface area contributed by atoms with E-state index in [0.717, 1.165) is 47.1 Å². The molecule has 1 unspecified atom stereocenters. The lowest BCUT2D eigenvalue weighted by Crippen LogP contribution is -2.43. The van der Waals surface area contributed by atoms with Gasteiger partial charge < -0.3 is 21.7 Å². The number of nitrogens with two attached hydrogens (primary N) is 2. The molecular formula is C26H30N8O. The molecule has 1 aliphatic rings. The maximum atomic E-state index is 12.2. The number of fused-ring (bicyclic) bond motifs is 1. The maximum Gasteiger partial charge on any atom is 0.254 e. The monoisotopic (exact) mass is 470 g/mol. The number of piperidine rings is 1. The Balaban J connectivity index is 1.61. The Kier molecular flexibility index (Phi) is 6.08. The van der Waals surface area contributed by atoms with Crippen molar-refractivity contribution in [1.82, 2.24) is 19.7 Å². The number of carbonyl (C=O) groups is 1. The zero-order valence-electron chi connectivity index (χ0n) is 20.0. The van der Waals surface area contributed by atoms with E-state index in [9.17, 15) is 4.79 Å². The van der Waals surface area contributed by atoms with E-state index in [2.05, 4.69) is 46.3 Å². The molecule has 1 aliphatic heterocycles. The molecule has 35 heavy (non-hydrogen) atoms. The van der Waals surface area contributed by atoms with Crippen molar-refractivity contribution in [2.24, 2.45) is 11.5 Å². The summed E-state index contributed by atoms with van der Waals surface area (Å²) in [5.41, 5.74) is 15.9. The van der Waals surface area contributed by atoms with E-state index in [0.29, 0.717) is 18.3 Å². The molecule has 2 aromatic carbocycles. The smallest absolute Gasteiger partial charge is 0.254 e. The van der Waals surface area contributed by atoms with Gasteiger partial charge in [-0.3, -0.25) is 9.48 Å². The number of amides is 1. The number of carbonyl (C=O) groups excluding carboxylic acids is 1. The van der Waals surface area contributed by atoms with Gasteiger partial charge in [0.2, 0.25) is 5.95 Å². The number of hydrogen-bond acceptors (Lipinski definition) is 7. The van der Waals surface area contributed by atoms with E-state index >= 15 is 0 Å². The molecule has 9 nitrogen and oxygen atoms in total. The number of aromatic nitrogens is 4. The summed E-state index contributed by atoms with van der Waals surface area (Å²) in [5, 5.41) is 9.03. The molecule has 0 aliphatic carbocycles. The van der Waals surface area contributed by atoms with Gasteiger partial charge in [-0.2, -0.15) is 10.1 Å². The first-order valence-corrected chi connectivity index (χ1v) is 11.9. The summed E-state index contributed by atoms with van der Waals surface area (Å²) >= 11 is 0. The highest BCUT2D eigenvalue weighted by atomic mass is 16.1.